The number of nitrogens with one attached hydrogen (secondary N) is 3. The number of aromatic nitrogens is 2. The Morgan fingerprint density at radius 1 is 0.541 bits per heavy atom. The van der Waals surface area contributed by atoms with Crippen molar-refractivity contribution in [2.75, 3.05) is 13.1 Å². The Morgan fingerprint density at radius 2 is 0.965 bits per heavy atom. The number of fused-ring (bicyclic) bond motifs is 2. The van der Waals surface area contributed by atoms with E-state index in [1.807, 2.05) is 98.8 Å². The number of ketones is 2. The lowest BCUT2D eigenvalue weighted by Crippen LogP contribution is -2.45. The normalized spacial score (nSPS) is 10.6. The molecule has 17 nitrogen and oxygen atoms in total. The third-order valence-corrected chi connectivity index (χ3v) is 13.8. The van der Waals surface area contributed by atoms with Gasteiger partial charge in [0.15, 0.2) is 11.6 Å². The molecule has 0 unspecified atom stereocenters. The molecule has 0 radical (unpaired) electrons. The Bertz CT molecular complexity index is 3680. The molecule has 444 valence electrons. The number of hydrogen-bond acceptors (Lipinski definition) is 10. The van der Waals surface area contributed by atoms with Crippen LogP contribution in [0.4, 0.5) is 8.78 Å². The summed E-state index contributed by atoms with van der Waals surface area (Å²) in [5, 5.41) is 9.44. The average Bonchev–Trinajstić information content (AvgIpc) is 3.85. The molecule has 21 heteroatoms. The number of Topliss-reactive ketones (excluding diaryl/α,β-unsaturated/α-hetero) is 2. The fourth-order valence-electron chi connectivity index (χ4n) is 8.77. The number of halogens is 4. The van der Waals surface area contributed by atoms with Gasteiger partial charge in [-0.05, 0) is 89.1 Å². The second-order valence-electron chi connectivity index (χ2n) is 19.9. The van der Waals surface area contributed by atoms with Crippen molar-refractivity contribution in [1.82, 2.24) is 34.9 Å². The van der Waals surface area contributed by atoms with Crippen molar-refractivity contribution in [3.05, 3.63) is 213 Å². The Balaban J connectivity index is 0.000000269. The standard InChI is InChI=1S/C32H32ClFN4O4.C24H25ClFN3O3.C7H9N.CO2/c1-20(2)38(18-29(40)35-16-24-10-7-11-27(33)31(24)34)30(41)19-37-17-26(21(3)39)25-14-23(12-13-28(25)37)32(42)36-15-22-8-5-4-6-9-22;1-15(2)29(13-22(31)27-11-17-7-6-9-20(25)24(17)26)23(32)14-28-12-19(16(3)30)18-8-4-5-10-21(18)28;8-6-7-4-2-1-3-5-7;2-1-3/h4-14,17,20H,15-16,18-19H2,1-3H3,(H,35,40)(H,36,42);4-10,12,15H,11,13-14H2,1-3H3,(H,27,31);1-5H,6,8H2;. The minimum Gasteiger partial charge on any atom is -0.350 e. The molecule has 5 amide bonds. The number of amides is 5. The number of carbonyl (C=O) groups is 7. The molecular weight excluding hydrogens is 1130 g/mol. The number of rotatable bonds is 20. The highest BCUT2D eigenvalue weighted by Gasteiger charge is 2.25. The fourth-order valence-corrected chi connectivity index (χ4v) is 9.16. The van der Waals surface area contributed by atoms with Gasteiger partial charge in [-0.25, -0.2) is 8.78 Å². The second-order valence-corrected chi connectivity index (χ2v) is 20.7. The molecule has 5 N–H and O–H groups in total. The number of hydrogen-bond donors (Lipinski definition) is 4. The molecule has 0 aliphatic heterocycles. The molecule has 0 aliphatic carbocycles. The Labute approximate surface area is 501 Å². The minimum atomic E-state index is -0.603. The number of para-hydroxylation sites is 1. The van der Waals surface area contributed by atoms with Crippen LogP contribution >= 0.6 is 23.2 Å². The molecule has 0 saturated heterocycles. The monoisotopic (exact) mass is 1200 g/mol. The number of benzene rings is 6. The first-order valence-electron chi connectivity index (χ1n) is 26.8. The first-order valence-corrected chi connectivity index (χ1v) is 27.6. The highest BCUT2D eigenvalue weighted by Crippen LogP contribution is 2.26. The van der Waals surface area contributed by atoms with Crippen molar-refractivity contribution in [3.8, 4) is 0 Å². The average molecular weight is 1200 g/mol. The van der Waals surface area contributed by atoms with Gasteiger partial charge in [0.25, 0.3) is 5.91 Å². The first-order chi connectivity index (χ1) is 40.6. The van der Waals surface area contributed by atoms with Gasteiger partial charge in [0, 0.05) is 100 Å². The third kappa shape index (κ3) is 19.2. The smallest absolute Gasteiger partial charge is 0.350 e. The van der Waals surface area contributed by atoms with Crippen molar-refractivity contribution < 1.29 is 51.9 Å². The van der Waals surface area contributed by atoms with Crippen molar-refractivity contribution in [1.29, 1.82) is 0 Å². The number of nitrogens with two attached hydrogens (primary N) is 1. The van der Waals surface area contributed by atoms with Crippen LogP contribution in [0.3, 0.4) is 0 Å². The molecule has 2 heterocycles. The van der Waals surface area contributed by atoms with E-state index in [0.29, 0.717) is 40.7 Å². The van der Waals surface area contributed by atoms with E-state index in [1.165, 1.54) is 53.5 Å². The van der Waals surface area contributed by atoms with Gasteiger partial charge in [-0.3, -0.25) is 33.6 Å². The highest BCUT2D eigenvalue weighted by molar-refractivity contribution is 6.31. The lowest BCUT2D eigenvalue weighted by molar-refractivity contribution is -0.191. The topological polar surface area (TPSA) is 232 Å². The van der Waals surface area contributed by atoms with Crippen LogP contribution in [0.25, 0.3) is 21.8 Å². The van der Waals surface area contributed by atoms with Crippen LogP contribution in [-0.2, 0) is 68.0 Å². The number of carbonyl (C=O) groups excluding carboxylic acids is 9. The van der Waals surface area contributed by atoms with Crippen LogP contribution < -0.4 is 21.7 Å². The molecule has 8 aromatic rings. The van der Waals surface area contributed by atoms with Crippen molar-refractivity contribution in [2.45, 2.75) is 92.9 Å². The molecule has 0 spiro atoms. The van der Waals surface area contributed by atoms with Crippen LogP contribution in [0.2, 0.25) is 10.0 Å². The first kappa shape index (κ1) is 66.7. The summed E-state index contributed by atoms with van der Waals surface area (Å²) in [6.07, 6.45) is 3.52. The second kappa shape index (κ2) is 32.6. The van der Waals surface area contributed by atoms with Gasteiger partial charge in [-0.15, -0.1) is 0 Å². The van der Waals surface area contributed by atoms with Gasteiger partial charge >= 0.3 is 6.15 Å². The van der Waals surface area contributed by atoms with E-state index in [4.69, 9.17) is 38.5 Å². The Kier molecular flexibility index (Phi) is 25.6. The summed E-state index contributed by atoms with van der Waals surface area (Å²) in [5.74, 6) is -3.22. The third-order valence-electron chi connectivity index (χ3n) is 13.2. The van der Waals surface area contributed by atoms with E-state index < -0.39 is 23.4 Å². The molecule has 0 fully saturated rings. The molecule has 0 atom stereocenters. The summed E-state index contributed by atoms with van der Waals surface area (Å²) in [7, 11) is 0. The zero-order valence-electron chi connectivity index (χ0n) is 47.8. The maximum Gasteiger partial charge on any atom is 0.373 e. The predicted molar refractivity (Wildman–Crippen MR) is 321 cm³/mol. The van der Waals surface area contributed by atoms with Gasteiger partial charge in [0.2, 0.25) is 23.6 Å². The van der Waals surface area contributed by atoms with E-state index in [2.05, 4.69) is 16.0 Å². The van der Waals surface area contributed by atoms with Crippen LogP contribution in [0, 0.1) is 11.6 Å². The lowest BCUT2D eigenvalue weighted by atomic mass is 10.1. The number of nitrogens with zero attached hydrogens (tertiary/aromatic N) is 4. The van der Waals surface area contributed by atoms with Crippen molar-refractivity contribution >= 4 is 92.3 Å². The van der Waals surface area contributed by atoms with Crippen molar-refractivity contribution in [2.24, 2.45) is 5.73 Å². The summed E-state index contributed by atoms with van der Waals surface area (Å²) in [6.45, 7) is 10.5. The van der Waals surface area contributed by atoms with Gasteiger partial charge in [-0.1, -0.05) is 126 Å². The molecule has 6 aromatic carbocycles. The van der Waals surface area contributed by atoms with E-state index in [9.17, 15) is 42.3 Å². The van der Waals surface area contributed by atoms with Gasteiger partial charge in [0.1, 0.15) is 24.7 Å². The zero-order chi connectivity index (χ0) is 62.3. The summed E-state index contributed by atoms with van der Waals surface area (Å²) in [4.78, 5) is 108. The summed E-state index contributed by atoms with van der Waals surface area (Å²) >= 11 is 11.6. The predicted octanol–water partition coefficient (Wildman–Crippen LogP) is 9.87. The lowest BCUT2D eigenvalue weighted by Gasteiger charge is -2.26. The van der Waals surface area contributed by atoms with Crippen LogP contribution in [0.1, 0.15) is 94.9 Å². The summed E-state index contributed by atoms with van der Waals surface area (Å²) in [5.41, 5.74) is 10.7. The van der Waals surface area contributed by atoms with Crippen LogP contribution in [-0.4, -0.2) is 91.4 Å². The summed E-state index contributed by atoms with van der Waals surface area (Å²) in [6, 6.07) is 40.5. The molecule has 2 aromatic heterocycles. The maximum absolute atomic E-state index is 14.2. The van der Waals surface area contributed by atoms with Gasteiger partial charge in [-0.2, -0.15) is 9.59 Å². The molecular formula is C64H66Cl2F2N8O9. The molecule has 85 heavy (non-hydrogen) atoms. The van der Waals surface area contributed by atoms with Crippen LogP contribution in [0.15, 0.2) is 152 Å². The van der Waals surface area contributed by atoms with E-state index in [0.717, 1.165) is 16.5 Å². The molecule has 8 rings (SSSR count). The van der Waals surface area contributed by atoms with Gasteiger partial charge in [0.05, 0.1) is 23.1 Å². The zero-order valence-corrected chi connectivity index (χ0v) is 49.3. The minimum absolute atomic E-state index is 0.0117. The molecule has 0 bridgehead atoms. The van der Waals surface area contributed by atoms with E-state index >= 15 is 0 Å². The molecule has 0 aliphatic rings. The largest absolute Gasteiger partial charge is 0.373 e. The fraction of sp³-hybridized carbons (Fsp3) is 0.250. The van der Waals surface area contributed by atoms with E-state index in [-0.39, 0.29) is 108 Å². The Hall–Kier alpha value is -9.13. The SMILES string of the molecule is CC(=O)c1cn(CC(=O)N(CC(=O)NCc2cccc(Cl)c2F)C(C)C)c2ccc(C(=O)NCc3ccccc3)cc12.CC(=O)c1cn(CC(=O)N(CC(=O)NCc2cccc(Cl)c2F)C(C)C)c2ccccc12.NCc1ccccc1.O=C=O. The molecule has 0 saturated carbocycles. The van der Waals surface area contributed by atoms with Crippen molar-refractivity contribution in [3.63, 3.8) is 0 Å². The van der Waals surface area contributed by atoms with E-state index in [1.54, 1.807) is 65.7 Å². The van der Waals surface area contributed by atoms with Crippen LogP contribution in [0.5, 0.6) is 0 Å². The summed E-state index contributed by atoms with van der Waals surface area (Å²) < 4.78 is 31.6. The quantitative estimate of drug-likeness (QED) is 0.0528. The maximum atomic E-state index is 14.2. The van der Waals surface area contributed by atoms with Gasteiger partial charge < -0.3 is 40.6 Å². The highest BCUT2D eigenvalue weighted by atomic mass is 35.5. The Morgan fingerprint density at radius 3 is 1.40 bits per heavy atom.